The summed E-state index contributed by atoms with van der Waals surface area (Å²) in [6, 6.07) is 9.42. The fraction of sp³-hybridized carbons (Fsp3) is 0.417. The van der Waals surface area contributed by atoms with E-state index in [-0.39, 0.29) is 29.5 Å². The van der Waals surface area contributed by atoms with Crippen LogP contribution in [0.3, 0.4) is 0 Å². The quantitative estimate of drug-likeness (QED) is 0.684. The number of halogens is 1. The number of nitrogens with one attached hydrogen (secondary N) is 1. The first-order valence-electron chi connectivity index (χ1n) is 11.2. The van der Waals surface area contributed by atoms with Crippen LogP contribution in [-0.2, 0) is 4.79 Å². The lowest BCUT2D eigenvalue weighted by molar-refractivity contribution is -0.138. The number of nitrogens with zero attached hydrogens (tertiary/aromatic N) is 4. The summed E-state index contributed by atoms with van der Waals surface area (Å²) in [6.45, 7) is 2.39. The monoisotopic (exact) mass is 435 g/mol. The molecule has 8 heteroatoms. The molecule has 32 heavy (non-hydrogen) atoms. The van der Waals surface area contributed by atoms with E-state index in [0.29, 0.717) is 30.8 Å². The summed E-state index contributed by atoms with van der Waals surface area (Å²) in [5, 5.41) is 0. The molecule has 1 aromatic carbocycles. The van der Waals surface area contributed by atoms with Gasteiger partial charge in [0.2, 0.25) is 5.91 Å². The van der Waals surface area contributed by atoms with Crippen LogP contribution in [0.25, 0.3) is 11.2 Å². The van der Waals surface area contributed by atoms with E-state index in [4.69, 9.17) is 0 Å². The Balaban J connectivity index is 1.25. The highest BCUT2D eigenvalue weighted by Crippen LogP contribution is 2.29. The number of carbonyl (C=O) groups excluding carboxylic acids is 2. The largest absolute Gasteiger partial charge is 0.342 e. The molecule has 4 heterocycles. The van der Waals surface area contributed by atoms with Crippen molar-refractivity contribution in [1.82, 2.24) is 24.8 Å². The zero-order chi connectivity index (χ0) is 22.1. The number of pyridine rings is 1. The second-order valence-corrected chi connectivity index (χ2v) is 8.72. The number of likely N-dealkylation sites (tertiary alicyclic amines) is 2. The number of benzene rings is 1. The van der Waals surface area contributed by atoms with Gasteiger partial charge < -0.3 is 14.8 Å². The summed E-state index contributed by atoms with van der Waals surface area (Å²) in [6.07, 6.45) is 5.19. The smallest absolute Gasteiger partial charge is 0.253 e. The summed E-state index contributed by atoms with van der Waals surface area (Å²) in [7, 11) is 0. The van der Waals surface area contributed by atoms with Gasteiger partial charge in [-0.15, -0.1) is 0 Å². The average molecular weight is 436 g/mol. The minimum Gasteiger partial charge on any atom is -0.342 e. The van der Waals surface area contributed by atoms with E-state index >= 15 is 0 Å². The Hall–Kier alpha value is -3.29. The lowest BCUT2D eigenvalue weighted by Crippen LogP contribution is -2.49. The molecular weight excluding hydrogens is 409 g/mol. The highest BCUT2D eigenvalue weighted by molar-refractivity contribution is 5.94. The summed E-state index contributed by atoms with van der Waals surface area (Å²) in [5.74, 6) is 0.433. The van der Waals surface area contributed by atoms with Gasteiger partial charge in [-0.2, -0.15) is 0 Å². The number of amides is 2. The van der Waals surface area contributed by atoms with Crippen LogP contribution in [0, 0.1) is 11.7 Å². The lowest BCUT2D eigenvalue weighted by Gasteiger charge is -2.38. The first-order chi connectivity index (χ1) is 15.6. The molecule has 0 saturated carbocycles. The zero-order valence-electron chi connectivity index (χ0n) is 17.8. The number of fused-ring (bicyclic) bond motifs is 1. The van der Waals surface area contributed by atoms with Crippen LogP contribution in [0.4, 0.5) is 4.39 Å². The fourth-order valence-electron chi connectivity index (χ4n) is 4.85. The Morgan fingerprint density at radius 3 is 2.59 bits per heavy atom. The summed E-state index contributed by atoms with van der Waals surface area (Å²) in [4.78, 5) is 42.1. The number of H-pyrrole nitrogens is 1. The van der Waals surface area contributed by atoms with Crippen LogP contribution in [-0.4, -0.2) is 62.7 Å². The van der Waals surface area contributed by atoms with Crippen LogP contribution in [0.15, 0.2) is 42.6 Å². The van der Waals surface area contributed by atoms with Gasteiger partial charge in [0, 0.05) is 43.9 Å². The number of aromatic nitrogens is 3. The first kappa shape index (κ1) is 20.6. The zero-order valence-corrected chi connectivity index (χ0v) is 17.8. The summed E-state index contributed by atoms with van der Waals surface area (Å²) < 4.78 is 13.2. The molecule has 2 aromatic heterocycles. The van der Waals surface area contributed by atoms with E-state index in [1.165, 1.54) is 24.3 Å². The third kappa shape index (κ3) is 4.09. The Morgan fingerprint density at radius 2 is 1.78 bits per heavy atom. The predicted octanol–water partition coefficient (Wildman–Crippen LogP) is 3.36. The molecule has 0 radical (unpaired) electrons. The molecule has 0 bridgehead atoms. The number of hydrogen-bond donors (Lipinski definition) is 1. The first-order valence-corrected chi connectivity index (χ1v) is 11.2. The molecule has 2 aliphatic rings. The van der Waals surface area contributed by atoms with Crippen molar-refractivity contribution in [2.75, 3.05) is 26.2 Å². The van der Waals surface area contributed by atoms with Crippen molar-refractivity contribution < 1.29 is 14.0 Å². The van der Waals surface area contributed by atoms with E-state index in [2.05, 4.69) is 15.0 Å². The Kier molecular flexibility index (Phi) is 5.59. The molecule has 2 atom stereocenters. The van der Waals surface area contributed by atoms with Gasteiger partial charge in [-0.3, -0.25) is 9.59 Å². The predicted molar refractivity (Wildman–Crippen MR) is 117 cm³/mol. The van der Waals surface area contributed by atoms with E-state index in [1.807, 2.05) is 17.0 Å². The van der Waals surface area contributed by atoms with Gasteiger partial charge in [-0.25, -0.2) is 14.4 Å². The number of hydrogen-bond acceptors (Lipinski definition) is 4. The number of carbonyl (C=O) groups is 2. The van der Waals surface area contributed by atoms with Crippen LogP contribution >= 0.6 is 0 Å². The van der Waals surface area contributed by atoms with E-state index < -0.39 is 0 Å². The molecule has 5 rings (SSSR count). The number of piperidine rings is 2. The van der Waals surface area contributed by atoms with Gasteiger partial charge in [-0.1, -0.05) is 0 Å². The van der Waals surface area contributed by atoms with Crippen LogP contribution in [0.1, 0.15) is 47.8 Å². The van der Waals surface area contributed by atoms with Gasteiger partial charge in [-0.05, 0) is 62.1 Å². The number of aromatic amines is 1. The maximum Gasteiger partial charge on any atom is 0.253 e. The van der Waals surface area contributed by atoms with Gasteiger partial charge in [0.05, 0.1) is 11.4 Å². The molecule has 2 aliphatic heterocycles. The second-order valence-electron chi connectivity index (χ2n) is 8.72. The molecule has 1 N–H and O–H groups in total. The molecule has 2 unspecified atom stereocenters. The minimum absolute atomic E-state index is 0.112. The Labute approximate surface area is 185 Å². The van der Waals surface area contributed by atoms with Crippen molar-refractivity contribution in [1.29, 1.82) is 0 Å². The minimum atomic E-state index is -0.367. The van der Waals surface area contributed by atoms with Crippen LogP contribution in [0.5, 0.6) is 0 Å². The fourth-order valence-corrected chi connectivity index (χ4v) is 4.85. The molecule has 166 valence electrons. The number of imidazole rings is 1. The summed E-state index contributed by atoms with van der Waals surface area (Å²) >= 11 is 0. The van der Waals surface area contributed by atoms with E-state index in [1.54, 1.807) is 11.1 Å². The van der Waals surface area contributed by atoms with Gasteiger partial charge in [0.1, 0.15) is 11.6 Å². The molecular formula is C24H26FN5O2. The second kappa shape index (κ2) is 8.68. The molecule has 3 aromatic rings. The maximum atomic E-state index is 13.3. The Morgan fingerprint density at radius 1 is 1.00 bits per heavy atom. The molecule has 2 amide bonds. The topological polar surface area (TPSA) is 82.2 Å². The average Bonchev–Trinajstić information content (AvgIpc) is 3.28. The molecule has 0 spiro atoms. The Bertz CT molecular complexity index is 1100. The van der Waals surface area contributed by atoms with Crippen molar-refractivity contribution >= 4 is 23.0 Å². The highest BCUT2D eigenvalue weighted by Gasteiger charge is 2.34. The molecule has 2 saturated heterocycles. The van der Waals surface area contributed by atoms with Gasteiger partial charge in [0.25, 0.3) is 5.91 Å². The third-order valence-electron chi connectivity index (χ3n) is 6.54. The van der Waals surface area contributed by atoms with Gasteiger partial charge >= 0.3 is 0 Å². The van der Waals surface area contributed by atoms with Crippen molar-refractivity contribution in [3.05, 3.63) is 59.8 Å². The van der Waals surface area contributed by atoms with E-state index in [9.17, 15) is 14.0 Å². The summed E-state index contributed by atoms with van der Waals surface area (Å²) in [5.41, 5.74) is 2.07. The van der Waals surface area contributed by atoms with E-state index in [0.717, 1.165) is 43.6 Å². The SMILES string of the molecule is O=C(c1ccc(F)cc1)N1CCCC(C(=O)N2CCCC(c3nc4ncccc4[nH]3)C2)C1. The van der Waals surface area contributed by atoms with Crippen LogP contribution < -0.4 is 0 Å². The van der Waals surface area contributed by atoms with Crippen molar-refractivity contribution in [3.63, 3.8) is 0 Å². The van der Waals surface area contributed by atoms with Crippen LogP contribution in [0.2, 0.25) is 0 Å². The standard InChI is InChI=1S/C24H26FN5O2/c25-19-9-7-16(8-10-19)23(31)30-13-3-5-18(15-30)24(32)29-12-2-4-17(14-29)21-27-20-6-1-11-26-22(20)28-21/h1,6-11,17-18H,2-5,12-15H2,(H,26,27,28). The van der Waals surface area contributed by atoms with Crippen molar-refractivity contribution in [3.8, 4) is 0 Å². The molecule has 7 nitrogen and oxygen atoms in total. The lowest BCUT2D eigenvalue weighted by atomic mass is 9.92. The van der Waals surface area contributed by atoms with Gasteiger partial charge in [0.15, 0.2) is 5.65 Å². The third-order valence-corrected chi connectivity index (χ3v) is 6.54. The molecule has 2 fully saturated rings. The van der Waals surface area contributed by atoms with Crippen molar-refractivity contribution in [2.24, 2.45) is 5.92 Å². The molecule has 0 aliphatic carbocycles. The van der Waals surface area contributed by atoms with Crippen molar-refractivity contribution in [2.45, 2.75) is 31.6 Å². The number of rotatable bonds is 3. The normalized spacial score (nSPS) is 21.7. The highest BCUT2D eigenvalue weighted by atomic mass is 19.1. The maximum absolute atomic E-state index is 13.3.